The van der Waals surface area contributed by atoms with Gasteiger partial charge in [-0.1, -0.05) is 46.9 Å². The fourth-order valence-electron chi connectivity index (χ4n) is 2.83. The number of benzene rings is 2. The Labute approximate surface area is 136 Å². The zero-order valence-electron chi connectivity index (χ0n) is 10.9. The molecule has 0 saturated carbocycles. The number of rotatable bonds is 1. The molecule has 104 valence electrons. The van der Waals surface area contributed by atoms with Gasteiger partial charge in [-0.3, -0.25) is 4.57 Å². The predicted octanol–water partition coefficient (Wildman–Crippen LogP) is 5.34. The van der Waals surface area contributed by atoms with Crippen molar-refractivity contribution in [2.45, 2.75) is 6.67 Å². The Bertz CT molecular complexity index is 886. The molecule has 0 spiro atoms. The maximum atomic E-state index is 6.33. The lowest BCUT2D eigenvalue weighted by atomic mass is 10.1. The smallest absolute Gasteiger partial charge is 0.244 e. The molecule has 0 atom stereocenters. The Morgan fingerprint density at radius 1 is 1.00 bits per heavy atom. The number of nitrogens with zero attached hydrogens (tertiary/aromatic N) is 2. The van der Waals surface area contributed by atoms with Crippen molar-refractivity contribution in [3.8, 4) is 0 Å². The van der Waals surface area contributed by atoms with Crippen LogP contribution in [0.3, 0.4) is 0 Å². The zero-order valence-corrected chi connectivity index (χ0v) is 13.1. The van der Waals surface area contributed by atoms with Crippen LogP contribution in [-0.2, 0) is 6.67 Å². The van der Waals surface area contributed by atoms with E-state index in [0.29, 0.717) is 21.7 Å². The van der Waals surface area contributed by atoms with Crippen molar-refractivity contribution in [1.29, 1.82) is 0 Å². The van der Waals surface area contributed by atoms with Crippen LogP contribution in [0.5, 0.6) is 0 Å². The number of halogens is 3. The molecule has 0 radical (unpaired) electrons. The third-order valence-corrected chi connectivity index (χ3v) is 4.48. The fourth-order valence-corrected chi connectivity index (χ4v) is 3.86. The second kappa shape index (κ2) is 4.77. The number of hydrogen-bond acceptors (Lipinski definition) is 0. The molecule has 0 aliphatic carbocycles. The van der Waals surface area contributed by atoms with E-state index in [-0.39, 0.29) is 0 Å². The van der Waals surface area contributed by atoms with Crippen LogP contribution in [0.2, 0.25) is 15.1 Å². The van der Waals surface area contributed by atoms with E-state index in [0.717, 1.165) is 11.3 Å². The number of aromatic nitrogens is 1. The molecule has 0 fully saturated rings. The topological polar surface area (TPSA) is 7.94 Å². The molecule has 0 bridgehead atoms. The van der Waals surface area contributed by atoms with Crippen molar-refractivity contribution in [1.82, 2.24) is 4.57 Å². The van der Waals surface area contributed by atoms with Crippen molar-refractivity contribution >= 4 is 57.6 Å². The second-order valence-corrected chi connectivity index (χ2v) is 6.28. The molecule has 3 aromatic rings. The third kappa shape index (κ3) is 2.06. The monoisotopic (exact) mass is 335 g/mol. The van der Waals surface area contributed by atoms with E-state index in [2.05, 4.69) is 35.2 Å². The first-order chi connectivity index (χ1) is 10.1. The van der Waals surface area contributed by atoms with E-state index in [1.165, 1.54) is 10.9 Å². The molecule has 21 heavy (non-hydrogen) atoms. The summed E-state index contributed by atoms with van der Waals surface area (Å²) in [5.74, 6) is 0. The van der Waals surface area contributed by atoms with E-state index >= 15 is 0 Å². The highest BCUT2D eigenvalue weighted by Crippen LogP contribution is 2.37. The van der Waals surface area contributed by atoms with Crippen LogP contribution >= 0.6 is 34.8 Å². The minimum absolute atomic E-state index is 0.537. The van der Waals surface area contributed by atoms with Gasteiger partial charge in [-0.05, 0) is 24.3 Å². The highest BCUT2D eigenvalue weighted by molar-refractivity contribution is 6.41. The van der Waals surface area contributed by atoms with Crippen molar-refractivity contribution < 1.29 is 4.58 Å². The number of hydrogen-bond donors (Lipinski definition) is 0. The summed E-state index contributed by atoms with van der Waals surface area (Å²) in [4.78, 5) is 0. The molecule has 4 rings (SSSR count). The Hall–Kier alpha value is -1.48. The highest BCUT2D eigenvalue weighted by atomic mass is 35.5. The molecular formula is C16H10Cl3N2+. The van der Waals surface area contributed by atoms with Gasteiger partial charge in [-0.15, -0.1) is 0 Å². The van der Waals surface area contributed by atoms with Gasteiger partial charge in [0.2, 0.25) is 12.4 Å². The molecule has 1 aliphatic heterocycles. The van der Waals surface area contributed by atoms with Crippen molar-refractivity contribution in [2.24, 2.45) is 0 Å². The van der Waals surface area contributed by atoms with Gasteiger partial charge in [0.15, 0.2) is 6.21 Å². The molecule has 5 heteroatoms. The summed E-state index contributed by atoms with van der Waals surface area (Å²) in [6.07, 6.45) is 4.15. The van der Waals surface area contributed by atoms with Gasteiger partial charge < -0.3 is 0 Å². The summed E-state index contributed by atoms with van der Waals surface area (Å²) in [5, 5.41) is 2.87. The molecule has 2 nitrogen and oxygen atoms in total. The van der Waals surface area contributed by atoms with Crippen LogP contribution in [0, 0.1) is 0 Å². The van der Waals surface area contributed by atoms with E-state index in [1.807, 2.05) is 10.6 Å². The summed E-state index contributed by atoms with van der Waals surface area (Å²) in [5.41, 5.74) is 3.15. The summed E-state index contributed by atoms with van der Waals surface area (Å²) < 4.78 is 4.23. The van der Waals surface area contributed by atoms with Crippen LogP contribution in [-0.4, -0.2) is 15.4 Å². The van der Waals surface area contributed by atoms with Crippen LogP contribution in [0.25, 0.3) is 10.9 Å². The molecule has 0 amide bonds. The molecule has 1 aromatic heterocycles. The summed E-state index contributed by atoms with van der Waals surface area (Å²) >= 11 is 18.7. The molecular weight excluding hydrogens is 327 g/mol. The SMILES string of the molecule is Clc1cc(Cl)c([N+]2=Cc3cccc4ccn(c34)C2)c(Cl)c1. The molecule has 2 heterocycles. The first-order valence-corrected chi connectivity index (χ1v) is 7.61. The Kier molecular flexibility index (Phi) is 3.00. The minimum atomic E-state index is 0.537. The maximum absolute atomic E-state index is 6.33. The average molecular weight is 337 g/mol. The van der Waals surface area contributed by atoms with Gasteiger partial charge in [0.05, 0.1) is 11.1 Å². The molecule has 0 saturated heterocycles. The number of para-hydroxylation sites is 1. The molecule has 2 aromatic carbocycles. The lowest BCUT2D eigenvalue weighted by molar-refractivity contribution is -0.471. The van der Waals surface area contributed by atoms with Gasteiger partial charge in [0.25, 0.3) is 0 Å². The third-order valence-electron chi connectivity index (χ3n) is 3.69. The van der Waals surface area contributed by atoms with E-state index < -0.39 is 0 Å². The normalized spacial score (nSPS) is 13.6. The van der Waals surface area contributed by atoms with Crippen LogP contribution in [0.4, 0.5) is 5.69 Å². The summed E-state index contributed by atoms with van der Waals surface area (Å²) in [6, 6.07) is 11.8. The van der Waals surface area contributed by atoms with E-state index in [9.17, 15) is 0 Å². The quantitative estimate of drug-likeness (QED) is 0.530. The molecule has 0 N–H and O–H groups in total. The summed E-state index contributed by atoms with van der Waals surface area (Å²) in [7, 11) is 0. The Morgan fingerprint density at radius 3 is 2.52 bits per heavy atom. The first-order valence-electron chi connectivity index (χ1n) is 6.47. The minimum Gasteiger partial charge on any atom is -0.291 e. The van der Waals surface area contributed by atoms with Gasteiger partial charge >= 0.3 is 0 Å². The van der Waals surface area contributed by atoms with Gasteiger partial charge in [-0.25, -0.2) is 0 Å². The summed E-state index contributed by atoms with van der Waals surface area (Å²) in [6.45, 7) is 0.668. The van der Waals surface area contributed by atoms with Crippen LogP contribution in [0.15, 0.2) is 42.6 Å². The van der Waals surface area contributed by atoms with Gasteiger partial charge in [-0.2, -0.15) is 4.58 Å². The molecule has 1 aliphatic rings. The standard InChI is InChI=1S/C16H10Cl3N2/c17-12-6-13(18)16(14(19)7-12)21-8-11-3-1-2-10-4-5-20(9-21)15(10)11/h1-8H,9H2/q+1. The highest BCUT2D eigenvalue weighted by Gasteiger charge is 2.24. The van der Waals surface area contributed by atoms with Crippen LogP contribution < -0.4 is 0 Å². The fraction of sp³-hybridized carbons (Fsp3) is 0.0625. The van der Waals surface area contributed by atoms with Crippen LogP contribution in [0.1, 0.15) is 5.56 Å². The first kappa shape index (κ1) is 13.2. The van der Waals surface area contributed by atoms with Crippen molar-refractivity contribution in [3.05, 3.63) is 63.2 Å². The van der Waals surface area contributed by atoms with Gasteiger partial charge in [0.1, 0.15) is 10.0 Å². The maximum Gasteiger partial charge on any atom is 0.244 e. The average Bonchev–Trinajstić information content (AvgIpc) is 2.83. The Morgan fingerprint density at radius 2 is 1.76 bits per heavy atom. The van der Waals surface area contributed by atoms with E-state index in [1.54, 1.807) is 12.1 Å². The second-order valence-electron chi connectivity index (χ2n) is 5.03. The van der Waals surface area contributed by atoms with Crippen molar-refractivity contribution in [3.63, 3.8) is 0 Å². The largest absolute Gasteiger partial charge is 0.291 e. The van der Waals surface area contributed by atoms with Gasteiger partial charge in [0, 0.05) is 16.6 Å². The molecule has 0 unspecified atom stereocenters. The lowest BCUT2D eigenvalue weighted by Gasteiger charge is -2.14. The van der Waals surface area contributed by atoms with E-state index in [4.69, 9.17) is 34.8 Å². The van der Waals surface area contributed by atoms with Crippen molar-refractivity contribution in [2.75, 3.05) is 0 Å². The zero-order chi connectivity index (χ0) is 14.6. The lowest BCUT2D eigenvalue weighted by Crippen LogP contribution is -2.18. The predicted molar refractivity (Wildman–Crippen MR) is 88.5 cm³/mol. The Balaban J connectivity index is 1.95.